The lowest BCUT2D eigenvalue weighted by atomic mass is 10.1. The fourth-order valence-electron chi connectivity index (χ4n) is 2.92. The third-order valence-electron chi connectivity index (χ3n) is 4.63. The van der Waals surface area contributed by atoms with Crippen molar-refractivity contribution < 1.29 is 17.5 Å². The van der Waals surface area contributed by atoms with Gasteiger partial charge in [-0.05, 0) is 44.2 Å². The van der Waals surface area contributed by atoms with Crippen LogP contribution in [0.25, 0.3) is 11.0 Å². The molecule has 0 aliphatic carbocycles. The second-order valence-electron chi connectivity index (χ2n) is 6.86. The van der Waals surface area contributed by atoms with E-state index >= 15 is 0 Å². The summed E-state index contributed by atoms with van der Waals surface area (Å²) in [5.41, 5.74) is 1.02. The van der Waals surface area contributed by atoms with E-state index in [2.05, 4.69) is 9.88 Å². The first-order valence-electron chi connectivity index (χ1n) is 8.48. The fraction of sp³-hybridized carbons (Fsp3) is 0.471. The van der Waals surface area contributed by atoms with Gasteiger partial charge < -0.3 is 9.80 Å². The van der Waals surface area contributed by atoms with E-state index in [1.54, 1.807) is 17.0 Å². The molecule has 0 saturated carbocycles. The zero-order valence-electron chi connectivity index (χ0n) is 15.7. The minimum atomic E-state index is -3.99. The van der Waals surface area contributed by atoms with Crippen LogP contribution in [-0.2, 0) is 10.1 Å². The largest absolute Gasteiger partial charge is 0.335 e. The van der Waals surface area contributed by atoms with Crippen LogP contribution in [0.1, 0.15) is 21.6 Å². The standard InChI is InChI=1S/C17H22N4O5S/c1-11-9-13-14(10-12(11)2)21(26-27(4,24)25)17(23)15(18-13)16(22)20-7-5-19(3)6-8-20/h9-10H,5-8H2,1-4H3. The summed E-state index contributed by atoms with van der Waals surface area (Å²) in [4.78, 5) is 33.6. The number of piperazine rings is 1. The van der Waals surface area contributed by atoms with Gasteiger partial charge in [0.2, 0.25) is 0 Å². The summed E-state index contributed by atoms with van der Waals surface area (Å²) in [6.45, 7) is 6.00. The van der Waals surface area contributed by atoms with Crippen molar-refractivity contribution >= 4 is 27.1 Å². The van der Waals surface area contributed by atoms with Crippen LogP contribution in [0.2, 0.25) is 0 Å². The average Bonchev–Trinajstić information content (AvgIpc) is 2.58. The molecule has 1 aromatic carbocycles. The van der Waals surface area contributed by atoms with E-state index in [-0.39, 0.29) is 11.2 Å². The summed E-state index contributed by atoms with van der Waals surface area (Å²) in [5.74, 6) is -0.529. The van der Waals surface area contributed by atoms with Crippen molar-refractivity contribution in [2.75, 3.05) is 39.5 Å². The number of hydrogen-bond donors (Lipinski definition) is 0. The molecule has 0 bridgehead atoms. The molecule has 1 aliphatic heterocycles. The molecular formula is C17H22N4O5S. The zero-order valence-corrected chi connectivity index (χ0v) is 16.5. The van der Waals surface area contributed by atoms with Crippen molar-refractivity contribution in [2.45, 2.75) is 13.8 Å². The van der Waals surface area contributed by atoms with Crippen molar-refractivity contribution in [1.82, 2.24) is 19.5 Å². The van der Waals surface area contributed by atoms with Gasteiger partial charge >= 0.3 is 15.7 Å². The molecule has 10 heteroatoms. The molecule has 0 spiro atoms. The highest BCUT2D eigenvalue weighted by atomic mass is 32.2. The monoisotopic (exact) mass is 394 g/mol. The number of hydrogen-bond acceptors (Lipinski definition) is 7. The molecular weight excluding hydrogens is 372 g/mol. The number of rotatable bonds is 3. The van der Waals surface area contributed by atoms with Crippen LogP contribution in [0.3, 0.4) is 0 Å². The van der Waals surface area contributed by atoms with Gasteiger partial charge in [-0.25, -0.2) is 4.98 Å². The first kappa shape index (κ1) is 19.3. The summed E-state index contributed by atoms with van der Waals surface area (Å²) < 4.78 is 28.9. The number of aromatic nitrogens is 2. The summed E-state index contributed by atoms with van der Waals surface area (Å²) >= 11 is 0. The van der Waals surface area contributed by atoms with Gasteiger partial charge in [-0.1, -0.05) is 0 Å². The molecule has 2 heterocycles. The molecule has 1 amide bonds. The summed E-state index contributed by atoms with van der Waals surface area (Å²) in [6.07, 6.45) is 0.842. The maximum absolute atomic E-state index is 12.9. The molecule has 1 aromatic heterocycles. The van der Waals surface area contributed by atoms with Gasteiger partial charge in [-0.2, -0.15) is 8.42 Å². The van der Waals surface area contributed by atoms with Crippen LogP contribution in [0.4, 0.5) is 0 Å². The van der Waals surface area contributed by atoms with Gasteiger partial charge in [-0.15, -0.1) is 4.73 Å². The number of nitrogens with zero attached hydrogens (tertiary/aromatic N) is 4. The van der Waals surface area contributed by atoms with Gasteiger partial charge in [0.25, 0.3) is 5.91 Å². The lowest BCUT2D eigenvalue weighted by molar-refractivity contribution is 0.0653. The van der Waals surface area contributed by atoms with Crippen LogP contribution in [0, 0.1) is 13.8 Å². The van der Waals surface area contributed by atoms with Crippen molar-refractivity contribution in [1.29, 1.82) is 0 Å². The number of aryl methyl sites for hydroxylation is 2. The smallest absolute Gasteiger partial charge is 0.324 e. The Bertz CT molecular complexity index is 1070. The topological polar surface area (TPSA) is 102 Å². The molecule has 9 nitrogen and oxygen atoms in total. The second-order valence-corrected chi connectivity index (χ2v) is 8.42. The van der Waals surface area contributed by atoms with Crippen LogP contribution in [0.5, 0.6) is 0 Å². The van der Waals surface area contributed by atoms with Crippen molar-refractivity contribution in [2.24, 2.45) is 0 Å². The van der Waals surface area contributed by atoms with E-state index in [9.17, 15) is 18.0 Å². The quantitative estimate of drug-likeness (QED) is 0.710. The summed E-state index contributed by atoms with van der Waals surface area (Å²) in [6, 6.07) is 3.32. The van der Waals surface area contributed by atoms with E-state index in [0.717, 1.165) is 17.4 Å². The van der Waals surface area contributed by atoms with Crippen molar-refractivity contribution in [3.8, 4) is 0 Å². The van der Waals surface area contributed by atoms with Crippen molar-refractivity contribution in [3.05, 3.63) is 39.3 Å². The minimum absolute atomic E-state index is 0.198. The van der Waals surface area contributed by atoms with Crippen molar-refractivity contribution in [3.63, 3.8) is 0 Å². The Hall–Kier alpha value is -2.46. The van der Waals surface area contributed by atoms with E-state index in [1.807, 2.05) is 20.9 Å². The molecule has 1 saturated heterocycles. The highest BCUT2D eigenvalue weighted by molar-refractivity contribution is 7.86. The fourth-order valence-corrected chi connectivity index (χ4v) is 3.34. The van der Waals surface area contributed by atoms with E-state index in [1.165, 1.54) is 0 Å². The van der Waals surface area contributed by atoms with Crippen LogP contribution in [0.15, 0.2) is 16.9 Å². The Balaban J connectivity index is 2.18. The number of carbonyl (C=O) groups excluding carboxylic acids is 1. The third kappa shape index (κ3) is 3.96. The van der Waals surface area contributed by atoms with Gasteiger partial charge in [0.05, 0.1) is 11.8 Å². The number of amides is 1. The lowest BCUT2D eigenvalue weighted by Gasteiger charge is -2.32. The number of carbonyl (C=O) groups is 1. The van der Waals surface area contributed by atoms with Crippen LogP contribution >= 0.6 is 0 Å². The summed E-state index contributed by atoms with van der Waals surface area (Å²) in [5, 5.41) is 0. The minimum Gasteiger partial charge on any atom is -0.335 e. The number of fused-ring (bicyclic) bond motifs is 1. The van der Waals surface area contributed by atoms with Gasteiger partial charge in [0.1, 0.15) is 5.52 Å². The Morgan fingerprint density at radius 2 is 1.70 bits per heavy atom. The number of benzene rings is 1. The highest BCUT2D eigenvalue weighted by Crippen LogP contribution is 2.17. The van der Waals surface area contributed by atoms with E-state index in [0.29, 0.717) is 36.4 Å². The average molecular weight is 394 g/mol. The summed E-state index contributed by atoms with van der Waals surface area (Å²) in [7, 11) is -2.03. The predicted octanol–water partition coefficient (Wildman–Crippen LogP) is -0.211. The lowest BCUT2D eigenvalue weighted by Crippen LogP contribution is -2.49. The Kier molecular flexibility index (Phi) is 4.96. The molecule has 0 unspecified atom stereocenters. The maximum atomic E-state index is 12.9. The molecule has 1 aliphatic rings. The molecule has 0 N–H and O–H groups in total. The first-order chi connectivity index (χ1) is 12.6. The first-order valence-corrected chi connectivity index (χ1v) is 10.3. The maximum Gasteiger partial charge on any atom is 0.324 e. The number of likely N-dealkylation sites (N-methyl/N-ethyl adjacent to an activating group) is 1. The van der Waals surface area contributed by atoms with Gasteiger partial charge in [0.15, 0.2) is 5.69 Å². The molecule has 3 rings (SSSR count). The SMILES string of the molecule is Cc1cc2nc(C(=O)N3CCN(C)CC3)c(=O)n(OS(C)(=O)=O)c2cc1C. The third-order valence-corrected chi connectivity index (χ3v) is 5.05. The van der Waals surface area contributed by atoms with Crippen LogP contribution in [-0.4, -0.2) is 73.3 Å². The van der Waals surface area contributed by atoms with E-state index < -0.39 is 21.6 Å². The highest BCUT2D eigenvalue weighted by Gasteiger charge is 2.27. The predicted molar refractivity (Wildman–Crippen MR) is 100 cm³/mol. The Labute approximate surface area is 157 Å². The van der Waals surface area contributed by atoms with E-state index in [4.69, 9.17) is 4.28 Å². The van der Waals surface area contributed by atoms with Gasteiger partial charge in [-0.3, -0.25) is 13.9 Å². The Morgan fingerprint density at radius 1 is 1.11 bits per heavy atom. The molecule has 0 radical (unpaired) electrons. The molecule has 0 atom stereocenters. The molecule has 2 aromatic rings. The molecule has 27 heavy (non-hydrogen) atoms. The second kappa shape index (κ2) is 6.93. The normalized spacial score (nSPS) is 15.9. The molecule has 146 valence electrons. The zero-order chi connectivity index (χ0) is 19.9. The Morgan fingerprint density at radius 3 is 2.30 bits per heavy atom. The van der Waals surface area contributed by atoms with Gasteiger partial charge in [0, 0.05) is 26.2 Å². The molecule has 1 fully saturated rings. The van der Waals surface area contributed by atoms with Crippen LogP contribution < -0.4 is 9.84 Å².